The van der Waals surface area contributed by atoms with E-state index in [9.17, 15) is 8.42 Å². The van der Waals surface area contributed by atoms with Gasteiger partial charge in [0.1, 0.15) is 0 Å². The van der Waals surface area contributed by atoms with Gasteiger partial charge in [0, 0.05) is 12.3 Å². The van der Waals surface area contributed by atoms with Gasteiger partial charge in [-0.05, 0) is 43.5 Å². The zero-order chi connectivity index (χ0) is 13.2. The molecule has 0 saturated heterocycles. The summed E-state index contributed by atoms with van der Waals surface area (Å²) in [5.74, 6) is 0.942. The summed E-state index contributed by atoms with van der Waals surface area (Å²) in [6.07, 6.45) is 5.27. The third-order valence-electron chi connectivity index (χ3n) is 3.51. The lowest BCUT2D eigenvalue weighted by Gasteiger charge is -2.14. The van der Waals surface area contributed by atoms with Crippen molar-refractivity contribution < 1.29 is 8.42 Å². The molecule has 1 N–H and O–H groups in total. The number of hydrogen-bond acceptors (Lipinski definition) is 3. The van der Waals surface area contributed by atoms with Gasteiger partial charge in [0.15, 0.2) is 9.84 Å². The van der Waals surface area contributed by atoms with E-state index in [2.05, 4.69) is 12.2 Å². The maximum absolute atomic E-state index is 11.4. The summed E-state index contributed by atoms with van der Waals surface area (Å²) >= 11 is 0. The largest absolute Gasteiger partial charge is 0.310 e. The van der Waals surface area contributed by atoms with Gasteiger partial charge < -0.3 is 5.32 Å². The van der Waals surface area contributed by atoms with Crippen LogP contribution in [-0.4, -0.2) is 21.2 Å². The molecule has 1 aromatic rings. The molecule has 3 nitrogen and oxygen atoms in total. The fourth-order valence-corrected chi connectivity index (χ4v) is 2.66. The molecule has 18 heavy (non-hydrogen) atoms. The molecule has 0 amide bonds. The zero-order valence-corrected chi connectivity index (χ0v) is 11.8. The van der Waals surface area contributed by atoms with Crippen molar-refractivity contribution in [3.05, 3.63) is 29.8 Å². The molecular weight excluding hydrogens is 246 g/mol. The van der Waals surface area contributed by atoms with E-state index in [0.29, 0.717) is 4.90 Å². The first kappa shape index (κ1) is 13.6. The van der Waals surface area contributed by atoms with Gasteiger partial charge in [-0.25, -0.2) is 8.42 Å². The van der Waals surface area contributed by atoms with Crippen molar-refractivity contribution in [2.45, 2.75) is 37.1 Å². The first-order valence-electron chi connectivity index (χ1n) is 6.50. The molecule has 1 atom stereocenters. The Balaban J connectivity index is 1.91. The summed E-state index contributed by atoms with van der Waals surface area (Å²) in [6.45, 7) is 3.15. The highest BCUT2D eigenvalue weighted by Gasteiger charge is 2.20. The van der Waals surface area contributed by atoms with E-state index in [1.807, 2.05) is 12.1 Å². The SMILES string of the molecule is CC(NCCC1CC1)c1ccc(S(C)(=O)=O)cc1. The van der Waals surface area contributed by atoms with Crippen LogP contribution in [0.3, 0.4) is 0 Å². The second-order valence-corrected chi connectivity index (χ2v) is 7.26. The topological polar surface area (TPSA) is 46.2 Å². The molecule has 0 aliphatic heterocycles. The van der Waals surface area contributed by atoms with Crippen molar-refractivity contribution in [1.29, 1.82) is 0 Å². The number of rotatable bonds is 6. The first-order chi connectivity index (χ1) is 8.47. The van der Waals surface area contributed by atoms with Crippen LogP contribution >= 0.6 is 0 Å². The van der Waals surface area contributed by atoms with Crippen LogP contribution in [0.25, 0.3) is 0 Å². The Kier molecular flexibility index (Phi) is 4.07. The lowest BCUT2D eigenvalue weighted by Crippen LogP contribution is -2.20. The first-order valence-corrected chi connectivity index (χ1v) is 8.39. The monoisotopic (exact) mass is 267 g/mol. The predicted octanol–water partition coefficient (Wildman–Crippen LogP) is 2.54. The minimum Gasteiger partial charge on any atom is -0.310 e. The normalized spacial score (nSPS) is 17.7. The standard InChI is InChI=1S/C14H21NO2S/c1-11(15-10-9-12-3-4-12)13-5-7-14(8-6-13)18(2,16)17/h5-8,11-12,15H,3-4,9-10H2,1-2H3. The van der Waals surface area contributed by atoms with E-state index in [0.717, 1.165) is 18.0 Å². The number of benzene rings is 1. The Morgan fingerprint density at radius 2 is 1.89 bits per heavy atom. The highest BCUT2D eigenvalue weighted by Crippen LogP contribution is 2.31. The Morgan fingerprint density at radius 3 is 2.39 bits per heavy atom. The minimum absolute atomic E-state index is 0.275. The van der Waals surface area contributed by atoms with Gasteiger partial charge in [0.2, 0.25) is 0 Å². The van der Waals surface area contributed by atoms with Gasteiger partial charge in [-0.15, -0.1) is 0 Å². The van der Waals surface area contributed by atoms with Crippen LogP contribution in [0.5, 0.6) is 0 Å². The van der Waals surface area contributed by atoms with Gasteiger partial charge in [-0.3, -0.25) is 0 Å². The maximum Gasteiger partial charge on any atom is 0.175 e. The molecule has 1 fully saturated rings. The van der Waals surface area contributed by atoms with Crippen LogP contribution in [0, 0.1) is 5.92 Å². The summed E-state index contributed by atoms with van der Waals surface area (Å²) in [6, 6.07) is 7.43. The van der Waals surface area contributed by atoms with Gasteiger partial charge >= 0.3 is 0 Å². The summed E-state index contributed by atoms with van der Waals surface area (Å²) in [5, 5.41) is 3.48. The van der Waals surface area contributed by atoms with E-state index in [1.54, 1.807) is 12.1 Å². The highest BCUT2D eigenvalue weighted by molar-refractivity contribution is 7.90. The van der Waals surface area contributed by atoms with Gasteiger partial charge in [0.05, 0.1) is 4.90 Å². The number of nitrogens with one attached hydrogen (secondary N) is 1. The van der Waals surface area contributed by atoms with Crippen molar-refractivity contribution in [3.63, 3.8) is 0 Å². The molecule has 1 aromatic carbocycles. The van der Waals surface area contributed by atoms with Crippen LogP contribution in [0.15, 0.2) is 29.2 Å². The molecule has 1 aliphatic rings. The molecule has 100 valence electrons. The molecule has 0 radical (unpaired) electrons. The van der Waals surface area contributed by atoms with E-state index < -0.39 is 9.84 Å². The average Bonchev–Trinajstić information content (AvgIpc) is 3.12. The van der Waals surface area contributed by atoms with Crippen LogP contribution in [0.2, 0.25) is 0 Å². The van der Waals surface area contributed by atoms with Crippen molar-refractivity contribution in [1.82, 2.24) is 5.32 Å². The van der Waals surface area contributed by atoms with Crippen molar-refractivity contribution >= 4 is 9.84 Å². The fraction of sp³-hybridized carbons (Fsp3) is 0.571. The van der Waals surface area contributed by atoms with E-state index in [1.165, 1.54) is 25.5 Å². The van der Waals surface area contributed by atoms with Gasteiger partial charge in [0.25, 0.3) is 0 Å². The highest BCUT2D eigenvalue weighted by atomic mass is 32.2. The Labute approximate surface area is 110 Å². The molecular formula is C14H21NO2S. The van der Waals surface area contributed by atoms with Crippen LogP contribution in [0.1, 0.15) is 37.8 Å². The maximum atomic E-state index is 11.4. The second-order valence-electron chi connectivity index (χ2n) is 5.25. The number of sulfone groups is 1. The predicted molar refractivity (Wildman–Crippen MR) is 73.3 cm³/mol. The molecule has 0 aromatic heterocycles. The quantitative estimate of drug-likeness (QED) is 0.861. The van der Waals surface area contributed by atoms with Gasteiger partial charge in [-0.2, -0.15) is 0 Å². The summed E-state index contributed by atoms with van der Waals surface area (Å²) < 4.78 is 22.7. The minimum atomic E-state index is -3.09. The Bertz CT molecular complexity index is 489. The smallest absolute Gasteiger partial charge is 0.175 e. The lowest BCUT2D eigenvalue weighted by molar-refractivity contribution is 0.539. The van der Waals surface area contributed by atoms with E-state index in [4.69, 9.17) is 0 Å². The Morgan fingerprint density at radius 1 is 1.28 bits per heavy atom. The summed E-state index contributed by atoms with van der Waals surface area (Å²) in [5.41, 5.74) is 1.14. The molecule has 0 bridgehead atoms. The number of hydrogen-bond donors (Lipinski definition) is 1. The molecule has 1 unspecified atom stereocenters. The van der Waals surface area contributed by atoms with Crippen LogP contribution in [-0.2, 0) is 9.84 Å². The molecule has 4 heteroatoms. The van der Waals surface area contributed by atoms with Crippen LogP contribution < -0.4 is 5.32 Å². The third kappa shape index (κ3) is 3.82. The third-order valence-corrected chi connectivity index (χ3v) is 4.64. The fourth-order valence-electron chi connectivity index (χ4n) is 2.03. The second kappa shape index (κ2) is 5.41. The summed E-state index contributed by atoms with van der Waals surface area (Å²) in [4.78, 5) is 0.386. The molecule has 1 aliphatic carbocycles. The van der Waals surface area contributed by atoms with E-state index in [-0.39, 0.29) is 6.04 Å². The van der Waals surface area contributed by atoms with Crippen molar-refractivity contribution in [2.75, 3.05) is 12.8 Å². The van der Waals surface area contributed by atoms with Crippen LogP contribution in [0.4, 0.5) is 0 Å². The molecule has 1 saturated carbocycles. The van der Waals surface area contributed by atoms with Gasteiger partial charge in [-0.1, -0.05) is 25.0 Å². The molecule has 0 spiro atoms. The van der Waals surface area contributed by atoms with E-state index >= 15 is 0 Å². The average molecular weight is 267 g/mol. The molecule has 0 heterocycles. The summed E-state index contributed by atoms with van der Waals surface area (Å²) in [7, 11) is -3.09. The van der Waals surface area contributed by atoms with Crippen molar-refractivity contribution in [3.8, 4) is 0 Å². The van der Waals surface area contributed by atoms with Crippen molar-refractivity contribution in [2.24, 2.45) is 5.92 Å². The zero-order valence-electron chi connectivity index (χ0n) is 11.0. The Hall–Kier alpha value is -0.870. The molecule has 2 rings (SSSR count). The lowest BCUT2D eigenvalue weighted by atomic mass is 10.1.